The number of hydrogen-bond donors (Lipinski definition) is 1. The van der Waals surface area contributed by atoms with Crippen LogP contribution in [0.4, 0.5) is 0 Å². The van der Waals surface area contributed by atoms with Crippen molar-refractivity contribution in [3.63, 3.8) is 0 Å². The SMILES string of the molecule is CC[C@H]([C@H](C)O)S(=O)(=O)CC. The molecular weight excluding hydrogens is 164 g/mol. The molecule has 0 saturated carbocycles. The highest BCUT2D eigenvalue weighted by Gasteiger charge is 2.25. The molecule has 0 aliphatic carbocycles. The molecule has 0 saturated heterocycles. The van der Waals surface area contributed by atoms with Crippen LogP contribution in [0.2, 0.25) is 0 Å². The Bertz CT molecular complexity index is 194. The molecule has 0 aliphatic rings. The van der Waals surface area contributed by atoms with Crippen molar-refractivity contribution in [3.05, 3.63) is 0 Å². The van der Waals surface area contributed by atoms with Crippen LogP contribution in [0.25, 0.3) is 0 Å². The minimum atomic E-state index is -3.06. The van der Waals surface area contributed by atoms with E-state index in [1.807, 2.05) is 0 Å². The first-order valence-corrected chi connectivity index (χ1v) is 5.56. The lowest BCUT2D eigenvalue weighted by Crippen LogP contribution is -2.32. The van der Waals surface area contributed by atoms with Crippen LogP contribution in [0.15, 0.2) is 0 Å². The number of aliphatic hydroxyl groups excluding tert-OH is 1. The van der Waals surface area contributed by atoms with E-state index in [9.17, 15) is 8.42 Å². The number of hydrogen-bond acceptors (Lipinski definition) is 3. The van der Waals surface area contributed by atoms with Gasteiger partial charge in [-0.25, -0.2) is 8.42 Å². The van der Waals surface area contributed by atoms with Gasteiger partial charge in [-0.05, 0) is 13.3 Å². The van der Waals surface area contributed by atoms with Crippen LogP contribution in [-0.2, 0) is 9.84 Å². The fourth-order valence-electron chi connectivity index (χ4n) is 1.11. The van der Waals surface area contributed by atoms with Crippen LogP contribution in [0.3, 0.4) is 0 Å². The molecule has 1 N–H and O–H groups in total. The van der Waals surface area contributed by atoms with E-state index < -0.39 is 21.2 Å². The Morgan fingerprint density at radius 1 is 1.36 bits per heavy atom. The summed E-state index contributed by atoms with van der Waals surface area (Å²) >= 11 is 0. The molecule has 0 radical (unpaired) electrons. The van der Waals surface area contributed by atoms with E-state index in [0.717, 1.165) is 0 Å². The summed E-state index contributed by atoms with van der Waals surface area (Å²) in [5.41, 5.74) is 0. The van der Waals surface area contributed by atoms with Gasteiger partial charge in [-0.3, -0.25) is 0 Å². The molecule has 0 heterocycles. The fraction of sp³-hybridized carbons (Fsp3) is 1.00. The third-order valence-electron chi connectivity index (χ3n) is 1.80. The van der Waals surface area contributed by atoms with Crippen molar-refractivity contribution < 1.29 is 13.5 Å². The Hall–Kier alpha value is -0.0900. The van der Waals surface area contributed by atoms with Crippen LogP contribution in [0.5, 0.6) is 0 Å². The highest BCUT2D eigenvalue weighted by atomic mass is 32.2. The highest BCUT2D eigenvalue weighted by Crippen LogP contribution is 2.10. The highest BCUT2D eigenvalue weighted by molar-refractivity contribution is 7.92. The van der Waals surface area contributed by atoms with Crippen molar-refractivity contribution in [1.82, 2.24) is 0 Å². The van der Waals surface area contributed by atoms with Gasteiger partial charge in [-0.1, -0.05) is 13.8 Å². The van der Waals surface area contributed by atoms with Crippen LogP contribution in [0, 0.1) is 0 Å². The van der Waals surface area contributed by atoms with E-state index in [-0.39, 0.29) is 5.75 Å². The van der Waals surface area contributed by atoms with Crippen LogP contribution < -0.4 is 0 Å². The van der Waals surface area contributed by atoms with E-state index in [4.69, 9.17) is 5.11 Å². The van der Waals surface area contributed by atoms with Crippen molar-refractivity contribution in [2.45, 2.75) is 38.5 Å². The molecule has 0 spiro atoms. The van der Waals surface area contributed by atoms with Crippen molar-refractivity contribution in [3.8, 4) is 0 Å². The van der Waals surface area contributed by atoms with Gasteiger partial charge in [0.1, 0.15) is 0 Å². The van der Waals surface area contributed by atoms with Gasteiger partial charge in [-0.2, -0.15) is 0 Å². The zero-order valence-electron chi connectivity index (χ0n) is 7.24. The first-order valence-electron chi connectivity index (χ1n) is 3.85. The second-order valence-electron chi connectivity index (χ2n) is 2.64. The van der Waals surface area contributed by atoms with Crippen LogP contribution >= 0.6 is 0 Å². The summed E-state index contributed by atoms with van der Waals surface area (Å²) in [6.45, 7) is 4.88. The molecule has 11 heavy (non-hydrogen) atoms. The maximum Gasteiger partial charge on any atom is 0.155 e. The minimum Gasteiger partial charge on any atom is -0.392 e. The Morgan fingerprint density at radius 3 is 1.91 bits per heavy atom. The van der Waals surface area contributed by atoms with Crippen molar-refractivity contribution in [2.24, 2.45) is 0 Å². The smallest absolute Gasteiger partial charge is 0.155 e. The van der Waals surface area contributed by atoms with Gasteiger partial charge in [0.2, 0.25) is 0 Å². The lowest BCUT2D eigenvalue weighted by molar-refractivity contribution is 0.186. The third-order valence-corrected chi connectivity index (χ3v) is 4.26. The largest absolute Gasteiger partial charge is 0.392 e. The average molecular weight is 180 g/mol. The fourth-order valence-corrected chi connectivity index (χ4v) is 2.65. The van der Waals surface area contributed by atoms with E-state index >= 15 is 0 Å². The second-order valence-corrected chi connectivity index (χ2v) is 5.15. The molecule has 2 atom stereocenters. The Morgan fingerprint density at radius 2 is 1.82 bits per heavy atom. The molecule has 0 bridgehead atoms. The summed E-state index contributed by atoms with van der Waals surface area (Å²) < 4.78 is 22.4. The molecule has 0 rings (SSSR count). The molecule has 68 valence electrons. The molecule has 0 fully saturated rings. The first kappa shape index (κ1) is 10.9. The number of aliphatic hydroxyl groups is 1. The predicted octanol–water partition coefficient (Wildman–Crippen LogP) is 0.581. The maximum atomic E-state index is 11.2. The summed E-state index contributed by atoms with van der Waals surface area (Å²) in [5.74, 6) is 0.108. The standard InChI is InChI=1S/C7H16O3S/c1-4-7(6(3)8)11(9,10)5-2/h6-8H,4-5H2,1-3H3/t6-,7+/m0/s1. The molecule has 4 heteroatoms. The molecule has 0 unspecified atom stereocenters. The molecule has 0 aromatic heterocycles. The van der Waals surface area contributed by atoms with Gasteiger partial charge in [0.25, 0.3) is 0 Å². The van der Waals surface area contributed by atoms with Crippen molar-refractivity contribution >= 4 is 9.84 Å². The zero-order valence-corrected chi connectivity index (χ0v) is 8.06. The summed E-state index contributed by atoms with van der Waals surface area (Å²) in [6, 6.07) is 0. The van der Waals surface area contributed by atoms with Gasteiger partial charge in [0.05, 0.1) is 11.4 Å². The predicted molar refractivity (Wildman–Crippen MR) is 45.2 cm³/mol. The second kappa shape index (κ2) is 4.07. The molecule has 0 amide bonds. The summed E-state index contributed by atoms with van der Waals surface area (Å²) in [6.07, 6.45) is -0.279. The van der Waals surface area contributed by atoms with Gasteiger partial charge < -0.3 is 5.11 Å². The van der Waals surface area contributed by atoms with Gasteiger partial charge >= 0.3 is 0 Å². The van der Waals surface area contributed by atoms with Gasteiger partial charge in [0.15, 0.2) is 9.84 Å². The average Bonchev–Trinajstić information content (AvgIpc) is 1.88. The Balaban J connectivity index is 4.51. The molecular formula is C7H16O3S. The molecule has 3 nitrogen and oxygen atoms in total. The monoisotopic (exact) mass is 180 g/mol. The topological polar surface area (TPSA) is 54.4 Å². The Kier molecular flexibility index (Phi) is 4.03. The lowest BCUT2D eigenvalue weighted by atomic mass is 10.2. The van der Waals surface area contributed by atoms with Gasteiger partial charge in [0, 0.05) is 5.75 Å². The summed E-state index contributed by atoms with van der Waals surface area (Å²) in [7, 11) is -3.06. The van der Waals surface area contributed by atoms with Crippen molar-refractivity contribution in [1.29, 1.82) is 0 Å². The van der Waals surface area contributed by atoms with Crippen LogP contribution in [0.1, 0.15) is 27.2 Å². The van der Waals surface area contributed by atoms with E-state index in [1.54, 1.807) is 13.8 Å². The maximum absolute atomic E-state index is 11.2. The van der Waals surface area contributed by atoms with Crippen LogP contribution in [-0.4, -0.2) is 30.6 Å². The lowest BCUT2D eigenvalue weighted by Gasteiger charge is -2.16. The van der Waals surface area contributed by atoms with E-state index in [0.29, 0.717) is 6.42 Å². The third kappa shape index (κ3) is 2.79. The zero-order chi connectivity index (χ0) is 9.07. The summed E-state index contributed by atoms with van der Waals surface area (Å²) in [5, 5.41) is 8.51. The minimum absolute atomic E-state index is 0.108. The number of sulfone groups is 1. The molecule has 0 aliphatic heterocycles. The van der Waals surface area contributed by atoms with E-state index in [1.165, 1.54) is 6.92 Å². The normalized spacial score (nSPS) is 17.8. The summed E-state index contributed by atoms with van der Waals surface area (Å²) in [4.78, 5) is 0. The quantitative estimate of drug-likeness (QED) is 0.688. The van der Waals surface area contributed by atoms with Crippen molar-refractivity contribution in [2.75, 3.05) is 5.75 Å². The number of rotatable bonds is 4. The van der Waals surface area contributed by atoms with Gasteiger partial charge in [-0.15, -0.1) is 0 Å². The Labute approximate surface area is 68.3 Å². The van der Waals surface area contributed by atoms with E-state index in [2.05, 4.69) is 0 Å². The first-order chi connectivity index (χ1) is 4.95. The molecule has 0 aromatic rings. The molecule has 0 aromatic carbocycles.